The maximum atomic E-state index is 6.64. The molecule has 0 radical (unpaired) electrons. The summed E-state index contributed by atoms with van der Waals surface area (Å²) in [5.74, 6) is 0.617. The van der Waals surface area contributed by atoms with E-state index in [4.69, 9.17) is 13.8 Å². The summed E-state index contributed by atoms with van der Waals surface area (Å²) in [6.07, 6.45) is 0. The van der Waals surface area contributed by atoms with Crippen LogP contribution >= 0.6 is 0 Å². The van der Waals surface area contributed by atoms with Crippen molar-refractivity contribution in [1.82, 2.24) is 4.98 Å². The van der Waals surface area contributed by atoms with E-state index in [2.05, 4.69) is 132 Å². The number of nitrogens with zero attached hydrogens (tertiary/aromatic N) is 2. The maximum absolute atomic E-state index is 6.64. The van der Waals surface area contributed by atoms with Crippen LogP contribution in [0, 0.1) is 0 Å². The number of hydrogen-bond donors (Lipinski definition) is 0. The molecule has 4 heteroatoms. The largest absolute Gasteiger partial charge is 0.456 e. The van der Waals surface area contributed by atoms with Crippen molar-refractivity contribution in [3.8, 4) is 22.6 Å². The predicted molar refractivity (Wildman–Crippen MR) is 202 cm³/mol. The SMILES string of the molecule is c1ccc(-c2nc3ccc4cc(-c5ccccc5)c5ccc(N(c6ccccc6)c6ccc7oc8ccccc8c7c6)cc5c4c3o2)cc1. The minimum absolute atomic E-state index is 0.617. The van der Waals surface area contributed by atoms with Crippen LogP contribution in [0.25, 0.3) is 77.2 Å². The third-order valence-corrected chi connectivity index (χ3v) is 9.45. The lowest BCUT2D eigenvalue weighted by Gasteiger charge is -2.26. The lowest BCUT2D eigenvalue weighted by molar-refractivity contribution is 0.623. The molecular weight excluding hydrogens is 601 g/mol. The second-order valence-electron chi connectivity index (χ2n) is 12.4. The molecule has 0 saturated heterocycles. The Morgan fingerprint density at radius 2 is 1.08 bits per heavy atom. The number of hydrogen-bond acceptors (Lipinski definition) is 4. The van der Waals surface area contributed by atoms with E-state index >= 15 is 0 Å². The zero-order valence-corrected chi connectivity index (χ0v) is 26.4. The van der Waals surface area contributed by atoms with Gasteiger partial charge in [0.05, 0.1) is 0 Å². The van der Waals surface area contributed by atoms with Crippen LogP contribution in [0.15, 0.2) is 179 Å². The van der Waals surface area contributed by atoms with E-state index in [9.17, 15) is 0 Å². The molecule has 0 aliphatic carbocycles. The summed E-state index contributed by atoms with van der Waals surface area (Å²) >= 11 is 0. The molecule has 2 heterocycles. The smallest absolute Gasteiger partial charge is 0.227 e. The van der Waals surface area contributed by atoms with Crippen molar-refractivity contribution in [2.45, 2.75) is 0 Å². The molecule has 0 aliphatic rings. The molecule has 49 heavy (non-hydrogen) atoms. The molecule has 0 bridgehead atoms. The first-order chi connectivity index (χ1) is 24.3. The van der Waals surface area contributed by atoms with Crippen LogP contribution in [0.3, 0.4) is 0 Å². The fourth-order valence-corrected chi connectivity index (χ4v) is 7.19. The Kier molecular flexibility index (Phi) is 6.15. The van der Waals surface area contributed by atoms with E-state index in [-0.39, 0.29) is 0 Å². The molecule has 0 N–H and O–H groups in total. The molecule has 0 spiro atoms. The Morgan fingerprint density at radius 3 is 1.88 bits per heavy atom. The third-order valence-electron chi connectivity index (χ3n) is 9.45. The first kappa shape index (κ1) is 27.5. The molecule has 2 aromatic heterocycles. The van der Waals surface area contributed by atoms with Crippen LogP contribution in [-0.2, 0) is 0 Å². The summed E-state index contributed by atoms with van der Waals surface area (Å²) in [4.78, 5) is 7.25. The summed E-state index contributed by atoms with van der Waals surface area (Å²) in [6.45, 7) is 0. The highest BCUT2D eigenvalue weighted by atomic mass is 16.3. The topological polar surface area (TPSA) is 42.4 Å². The first-order valence-electron chi connectivity index (χ1n) is 16.5. The molecule has 230 valence electrons. The van der Waals surface area contributed by atoms with Crippen LogP contribution in [0.5, 0.6) is 0 Å². The zero-order chi connectivity index (χ0) is 32.3. The second kappa shape index (κ2) is 11.0. The van der Waals surface area contributed by atoms with Crippen molar-refractivity contribution in [1.29, 1.82) is 0 Å². The molecular formula is C45H28N2O2. The van der Waals surface area contributed by atoms with Gasteiger partial charge in [0.2, 0.25) is 5.89 Å². The minimum atomic E-state index is 0.617. The molecule has 0 aliphatic heterocycles. The molecule has 10 aromatic rings. The number of oxazole rings is 1. The number of anilines is 3. The highest BCUT2D eigenvalue weighted by Crippen LogP contribution is 2.44. The number of rotatable bonds is 5. The van der Waals surface area contributed by atoms with Gasteiger partial charge in [-0.05, 0) is 100 Å². The van der Waals surface area contributed by atoms with Crippen molar-refractivity contribution in [3.05, 3.63) is 170 Å². The van der Waals surface area contributed by atoms with Gasteiger partial charge in [0, 0.05) is 38.8 Å². The Labute approximate surface area is 282 Å². The van der Waals surface area contributed by atoms with Crippen LogP contribution in [0.4, 0.5) is 17.1 Å². The van der Waals surface area contributed by atoms with Gasteiger partial charge in [-0.25, -0.2) is 4.98 Å². The lowest BCUT2D eigenvalue weighted by atomic mass is 9.92. The van der Waals surface area contributed by atoms with Gasteiger partial charge >= 0.3 is 0 Å². The van der Waals surface area contributed by atoms with Crippen LogP contribution in [-0.4, -0.2) is 4.98 Å². The predicted octanol–water partition coefficient (Wildman–Crippen LogP) is 12.8. The van der Waals surface area contributed by atoms with Gasteiger partial charge in [-0.15, -0.1) is 0 Å². The van der Waals surface area contributed by atoms with E-state index in [0.717, 1.165) is 77.2 Å². The first-order valence-corrected chi connectivity index (χ1v) is 16.5. The summed E-state index contributed by atoms with van der Waals surface area (Å²) in [7, 11) is 0. The molecule has 0 unspecified atom stereocenters. The van der Waals surface area contributed by atoms with Gasteiger partial charge in [-0.2, -0.15) is 0 Å². The lowest BCUT2D eigenvalue weighted by Crippen LogP contribution is -2.09. The van der Waals surface area contributed by atoms with E-state index in [1.54, 1.807) is 0 Å². The van der Waals surface area contributed by atoms with Gasteiger partial charge in [0.15, 0.2) is 5.58 Å². The average Bonchev–Trinajstić information content (AvgIpc) is 3.77. The third kappa shape index (κ3) is 4.49. The highest BCUT2D eigenvalue weighted by Gasteiger charge is 2.20. The quantitative estimate of drug-likeness (QED) is 0.178. The van der Waals surface area contributed by atoms with Crippen molar-refractivity contribution < 1.29 is 8.83 Å². The van der Waals surface area contributed by atoms with Gasteiger partial charge < -0.3 is 13.7 Å². The second-order valence-corrected chi connectivity index (χ2v) is 12.4. The number of furan rings is 1. The van der Waals surface area contributed by atoms with Gasteiger partial charge in [0.1, 0.15) is 16.7 Å². The van der Waals surface area contributed by atoms with Gasteiger partial charge in [-0.3, -0.25) is 0 Å². The number of aromatic nitrogens is 1. The molecule has 8 aromatic carbocycles. The van der Waals surface area contributed by atoms with Gasteiger partial charge in [0.25, 0.3) is 0 Å². The monoisotopic (exact) mass is 628 g/mol. The fourth-order valence-electron chi connectivity index (χ4n) is 7.19. The van der Waals surface area contributed by atoms with E-state index in [1.165, 1.54) is 11.1 Å². The summed E-state index contributed by atoms with van der Waals surface area (Å²) in [5, 5.41) is 6.59. The molecule has 0 saturated carbocycles. The summed E-state index contributed by atoms with van der Waals surface area (Å²) < 4.78 is 12.8. The fraction of sp³-hybridized carbons (Fsp3) is 0. The standard InChI is InChI=1S/C45H28N2O2/c1-4-12-29(13-5-1)37-26-31-20-24-40-44(49-45(46-40)30-14-6-2-7-15-30)43(31)39-28-33(21-23-35(37)39)47(32-16-8-3-9-17-32)34-22-25-42-38(27-34)36-18-10-11-19-41(36)48-42/h1-28H. The number of fused-ring (bicyclic) bond motifs is 8. The van der Waals surface area contributed by atoms with Crippen molar-refractivity contribution >= 4 is 71.6 Å². The van der Waals surface area contributed by atoms with E-state index in [1.807, 2.05) is 42.5 Å². The average molecular weight is 629 g/mol. The summed E-state index contributed by atoms with van der Waals surface area (Å²) in [5.41, 5.74) is 9.83. The van der Waals surface area contributed by atoms with Crippen LogP contribution in [0.1, 0.15) is 0 Å². The van der Waals surface area contributed by atoms with Crippen molar-refractivity contribution in [2.75, 3.05) is 4.90 Å². The number of benzene rings is 8. The zero-order valence-electron chi connectivity index (χ0n) is 26.4. The Balaban J connectivity index is 1.26. The Hall–Kier alpha value is -6.65. The van der Waals surface area contributed by atoms with Crippen LogP contribution < -0.4 is 4.90 Å². The van der Waals surface area contributed by atoms with Crippen molar-refractivity contribution in [3.63, 3.8) is 0 Å². The normalized spacial score (nSPS) is 11.7. The molecule has 4 nitrogen and oxygen atoms in total. The van der Waals surface area contributed by atoms with Crippen molar-refractivity contribution in [2.24, 2.45) is 0 Å². The summed E-state index contributed by atoms with van der Waals surface area (Å²) in [6, 6.07) is 59.2. The molecule has 0 fully saturated rings. The Bertz CT molecular complexity index is 2820. The molecule has 0 amide bonds. The minimum Gasteiger partial charge on any atom is -0.456 e. The highest BCUT2D eigenvalue weighted by molar-refractivity contribution is 6.22. The molecule has 10 rings (SSSR count). The van der Waals surface area contributed by atoms with E-state index < -0.39 is 0 Å². The van der Waals surface area contributed by atoms with E-state index in [0.29, 0.717) is 5.89 Å². The maximum Gasteiger partial charge on any atom is 0.227 e. The number of para-hydroxylation sites is 2. The van der Waals surface area contributed by atoms with Gasteiger partial charge in [-0.1, -0.05) is 97.1 Å². The van der Waals surface area contributed by atoms with Crippen LogP contribution in [0.2, 0.25) is 0 Å². The molecule has 0 atom stereocenters. The Morgan fingerprint density at radius 1 is 0.429 bits per heavy atom.